The predicted molar refractivity (Wildman–Crippen MR) is 90.7 cm³/mol. The van der Waals surface area contributed by atoms with Crippen LogP contribution in [-0.4, -0.2) is 27.4 Å². The van der Waals surface area contributed by atoms with E-state index in [9.17, 15) is 9.59 Å². The maximum atomic E-state index is 12.4. The van der Waals surface area contributed by atoms with E-state index in [4.69, 9.17) is 16.3 Å². The third kappa shape index (κ3) is 3.46. The van der Waals surface area contributed by atoms with Crippen LogP contribution in [0.1, 0.15) is 25.1 Å². The lowest BCUT2D eigenvalue weighted by molar-refractivity contribution is -0.117. The summed E-state index contributed by atoms with van der Waals surface area (Å²) in [5, 5.41) is 7.50. The van der Waals surface area contributed by atoms with Gasteiger partial charge in [0.1, 0.15) is 18.1 Å². The smallest absolute Gasteiger partial charge is 0.346 e. The highest BCUT2D eigenvalue weighted by Gasteiger charge is 2.18. The van der Waals surface area contributed by atoms with Gasteiger partial charge in [-0.15, -0.1) is 0 Å². The molecule has 2 aromatic rings. The average Bonchev–Trinajstić information content (AvgIpc) is 2.73. The van der Waals surface area contributed by atoms with E-state index in [1.165, 1.54) is 11.8 Å². The maximum absolute atomic E-state index is 12.4. The number of hydrogen-bond acceptors (Lipinski definition) is 4. The zero-order valence-electron chi connectivity index (χ0n) is 13.4. The number of methoxy groups -OCH3 is 1. The highest BCUT2D eigenvalue weighted by atomic mass is 35.5. The van der Waals surface area contributed by atoms with E-state index in [0.29, 0.717) is 23.0 Å². The average molecular weight is 351 g/mol. The molecule has 0 aliphatic carbocycles. The van der Waals surface area contributed by atoms with Gasteiger partial charge in [-0.1, -0.05) is 18.0 Å². The topological polar surface area (TPSA) is 78.2 Å². The van der Waals surface area contributed by atoms with Crippen LogP contribution in [0.4, 0.5) is 5.69 Å². The predicted octanol–water partition coefficient (Wildman–Crippen LogP) is 2.07. The first-order valence-electron chi connectivity index (χ1n) is 7.88. The minimum atomic E-state index is -0.356. The van der Waals surface area contributed by atoms with E-state index in [1.54, 1.807) is 22.8 Å². The number of halogens is 1. The molecular weight excluding hydrogens is 332 g/mol. The van der Waals surface area contributed by atoms with Gasteiger partial charge in [-0.05, 0) is 31.0 Å². The highest BCUT2D eigenvalue weighted by Crippen LogP contribution is 2.27. The Balaban J connectivity index is 1.76. The fraction of sp³-hybridized carbons (Fsp3) is 0.438. The second kappa shape index (κ2) is 7.09. The molecule has 0 unspecified atom stereocenters. The number of fused-ring (bicyclic) bond motifs is 1. The number of carbonyl (C=O) groups excluding carboxylic acids is 1. The molecule has 1 aromatic carbocycles. The Bertz CT molecular complexity index is 812. The summed E-state index contributed by atoms with van der Waals surface area (Å²) in [7, 11) is 1.51. The molecule has 1 aliphatic rings. The Morgan fingerprint density at radius 3 is 3.00 bits per heavy atom. The number of aryl methyl sites for hydroxylation is 1. The molecule has 0 spiro atoms. The summed E-state index contributed by atoms with van der Waals surface area (Å²) in [5.41, 5.74) is 0.226. The van der Waals surface area contributed by atoms with E-state index in [-0.39, 0.29) is 18.1 Å². The second-order valence-corrected chi connectivity index (χ2v) is 6.15. The van der Waals surface area contributed by atoms with Crippen molar-refractivity contribution in [3.05, 3.63) is 39.5 Å². The number of anilines is 1. The third-order valence-corrected chi connectivity index (χ3v) is 4.25. The molecule has 0 atom stereocenters. The first-order chi connectivity index (χ1) is 11.6. The number of carbonyl (C=O) groups is 1. The number of nitrogens with one attached hydrogen (secondary N) is 1. The van der Waals surface area contributed by atoms with Crippen molar-refractivity contribution < 1.29 is 9.53 Å². The van der Waals surface area contributed by atoms with Crippen molar-refractivity contribution >= 4 is 23.2 Å². The number of ether oxygens (including phenoxy) is 1. The Morgan fingerprint density at radius 1 is 1.38 bits per heavy atom. The summed E-state index contributed by atoms with van der Waals surface area (Å²) in [6.45, 7) is 0.520. The number of rotatable bonds is 4. The molecule has 1 amide bonds. The molecule has 7 nitrogen and oxygen atoms in total. The SMILES string of the molecule is COc1ccc(Cl)cc1NC(=O)Cn1nc2n(c1=O)CCCCC2. The van der Waals surface area contributed by atoms with Gasteiger partial charge in [-0.2, -0.15) is 5.10 Å². The molecule has 1 aliphatic heterocycles. The monoisotopic (exact) mass is 350 g/mol. The molecular formula is C16H19ClN4O3. The zero-order valence-corrected chi connectivity index (χ0v) is 14.2. The summed E-state index contributed by atoms with van der Waals surface area (Å²) >= 11 is 5.95. The van der Waals surface area contributed by atoms with Gasteiger partial charge in [0.2, 0.25) is 5.91 Å². The van der Waals surface area contributed by atoms with Gasteiger partial charge in [0.25, 0.3) is 0 Å². The third-order valence-electron chi connectivity index (χ3n) is 4.01. The van der Waals surface area contributed by atoms with Gasteiger partial charge in [0.15, 0.2) is 0 Å². The fourth-order valence-corrected chi connectivity index (χ4v) is 3.00. The Kier molecular flexibility index (Phi) is 4.89. The van der Waals surface area contributed by atoms with Crippen LogP contribution in [0.2, 0.25) is 5.02 Å². The standard InChI is InChI=1S/C16H19ClN4O3/c1-24-13-7-6-11(17)9-12(13)18-15(22)10-21-16(23)20-8-4-2-3-5-14(20)19-21/h6-7,9H,2-5,8,10H2,1H3,(H,18,22). The fourth-order valence-electron chi connectivity index (χ4n) is 2.83. The van der Waals surface area contributed by atoms with Crippen LogP contribution < -0.4 is 15.7 Å². The molecule has 0 radical (unpaired) electrons. The Labute approximate surface area is 144 Å². The summed E-state index contributed by atoms with van der Waals surface area (Å²) in [6, 6.07) is 4.94. The van der Waals surface area contributed by atoms with Gasteiger partial charge in [-0.3, -0.25) is 9.36 Å². The van der Waals surface area contributed by atoms with Crippen LogP contribution in [0.15, 0.2) is 23.0 Å². The van der Waals surface area contributed by atoms with E-state index in [1.807, 2.05) is 0 Å². The summed E-state index contributed by atoms with van der Waals surface area (Å²) in [4.78, 5) is 24.6. The Morgan fingerprint density at radius 2 is 2.21 bits per heavy atom. The number of benzene rings is 1. The lowest BCUT2D eigenvalue weighted by atomic mass is 10.2. The molecule has 0 bridgehead atoms. The summed E-state index contributed by atoms with van der Waals surface area (Å²) < 4.78 is 8.08. The molecule has 2 heterocycles. The van der Waals surface area contributed by atoms with Gasteiger partial charge in [0.05, 0.1) is 12.8 Å². The molecule has 1 aromatic heterocycles. The van der Waals surface area contributed by atoms with E-state index in [0.717, 1.165) is 31.5 Å². The molecule has 0 saturated heterocycles. The van der Waals surface area contributed by atoms with Crippen LogP contribution in [-0.2, 0) is 24.3 Å². The van der Waals surface area contributed by atoms with Gasteiger partial charge < -0.3 is 10.1 Å². The zero-order chi connectivity index (χ0) is 17.1. The molecule has 24 heavy (non-hydrogen) atoms. The number of hydrogen-bond donors (Lipinski definition) is 1. The van der Waals surface area contributed by atoms with E-state index < -0.39 is 0 Å². The van der Waals surface area contributed by atoms with E-state index in [2.05, 4.69) is 10.4 Å². The highest BCUT2D eigenvalue weighted by molar-refractivity contribution is 6.31. The first kappa shape index (κ1) is 16.6. The van der Waals surface area contributed by atoms with Crippen molar-refractivity contribution in [3.63, 3.8) is 0 Å². The lowest BCUT2D eigenvalue weighted by Crippen LogP contribution is -2.30. The van der Waals surface area contributed by atoms with Gasteiger partial charge in [-0.25, -0.2) is 9.48 Å². The minimum Gasteiger partial charge on any atom is -0.495 e. The number of nitrogens with zero attached hydrogens (tertiary/aromatic N) is 3. The summed E-state index contributed by atoms with van der Waals surface area (Å²) in [6.07, 6.45) is 3.84. The minimum absolute atomic E-state index is 0.144. The molecule has 0 saturated carbocycles. The molecule has 3 rings (SSSR count). The van der Waals surface area contributed by atoms with Crippen molar-refractivity contribution in [3.8, 4) is 5.75 Å². The van der Waals surface area contributed by atoms with Gasteiger partial charge >= 0.3 is 5.69 Å². The van der Waals surface area contributed by atoms with Crippen LogP contribution in [0.3, 0.4) is 0 Å². The number of amides is 1. The van der Waals surface area contributed by atoms with Crippen molar-refractivity contribution in [2.75, 3.05) is 12.4 Å². The number of aromatic nitrogens is 3. The van der Waals surface area contributed by atoms with Crippen molar-refractivity contribution in [1.82, 2.24) is 14.3 Å². The molecule has 1 N–H and O–H groups in total. The van der Waals surface area contributed by atoms with E-state index >= 15 is 0 Å². The van der Waals surface area contributed by atoms with Gasteiger partial charge in [0, 0.05) is 18.0 Å². The lowest BCUT2D eigenvalue weighted by Gasteiger charge is -2.10. The second-order valence-electron chi connectivity index (χ2n) is 5.71. The van der Waals surface area contributed by atoms with Crippen LogP contribution in [0.25, 0.3) is 0 Å². The normalized spacial score (nSPS) is 13.9. The van der Waals surface area contributed by atoms with Crippen LogP contribution in [0, 0.1) is 0 Å². The largest absolute Gasteiger partial charge is 0.495 e. The Hall–Kier alpha value is -2.28. The van der Waals surface area contributed by atoms with Crippen molar-refractivity contribution in [2.45, 2.75) is 38.8 Å². The van der Waals surface area contributed by atoms with Crippen molar-refractivity contribution in [2.24, 2.45) is 0 Å². The van der Waals surface area contributed by atoms with Crippen molar-refractivity contribution in [1.29, 1.82) is 0 Å². The maximum Gasteiger partial charge on any atom is 0.346 e. The molecule has 0 fully saturated rings. The molecule has 128 valence electrons. The van der Waals surface area contributed by atoms with Crippen LogP contribution in [0.5, 0.6) is 5.75 Å². The first-order valence-corrected chi connectivity index (χ1v) is 8.26. The van der Waals surface area contributed by atoms with Crippen LogP contribution >= 0.6 is 11.6 Å². The quantitative estimate of drug-likeness (QED) is 0.915. The summed E-state index contributed by atoms with van der Waals surface area (Å²) in [5.74, 6) is 0.900. The molecule has 8 heteroatoms.